The minimum absolute atomic E-state index is 0. The molecule has 0 fully saturated rings. The first-order chi connectivity index (χ1) is 10.7. The monoisotopic (exact) mass is 331 g/mol. The van der Waals surface area contributed by atoms with Gasteiger partial charge in [0, 0.05) is 17.4 Å². The summed E-state index contributed by atoms with van der Waals surface area (Å²) in [7, 11) is 5.04. The summed E-state index contributed by atoms with van der Waals surface area (Å²) in [4.78, 5) is 0. The zero-order chi connectivity index (χ0) is 15.3. The van der Waals surface area contributed by atoms with E-state index in [1.807, 2.05) is 6.07 Å². The van der Waals surface area contributed by atoms with Gasteiger partial charge in [-0.05, 0) is 24.3 Å². The summed E-state index contributed by atoms with van der Waals surface area (Å²) in [5.74, 6) is 2.40. The number of rotatable bonds is 3. The van der Waals surface area contributed by atoms with Gasteiger partial charge in [0.15, 0.2) is 24.2 Å². The summed E-state index contributed by atoms with van der Waals surface area (Å²) in [6.07, 6.45) is 3.24. The van der Waals surface area contributed by atoms with Crippen molar-refractivity contribution in [3.05, 3.63) is 36.0 Å². The van der Waals surface area contributed by atoms with E-state index in [1.54, 1.807) is 21.3 Å². The molecule has 0 bridgehead atoms. The molecule has 0 saturated carbocycles. The van der Waals surface area contributed by atoms with Gasteiger partial charge in [-0.25, -0.2) is 0 Å². The Kier molecular flexibility index (Phi) is 3.94. The van der Waals surface area contributed by atoms with Crippen LogP contribution in [0.2, 0.25) is 0 Å². The average Bonchev–Trinajstić information content (AvgIpc) is 2.97. The lowest BCUT2D eigenvalue weighted by atomic mass is 10.0. The molecule has 23 heavy (non-hydrogen) atoms. The van der Waals surface area contributed by atoms with Gasteiger partial charge in [0.25, 0.3) is 0 Å². The van der Waals surface area contributed by atoms with E-state index < -0.39 is 0 Å². The van der Waals surface area contributed by atoms with Crippen LogP contribution in [0.3, 0.4) is 0 Å². The van der Waals surface area contributed by atoms with Gasteiger partial charge in [0.1, 0.15) is 5.75 Å². The molecule has 0 N–H and O–H groups in total. The van der Waals surface area contributed by atoms with Crippen molar-refractivity contribution in [1.29, 1.82) is 0 Å². The van der Waals surface area contributed by atoms with Crippen LogP contribution in [-0.2, 0) is 13.0 Å². The van der Waals surface area contributed by atoms with Crippen molar-refractivity contribution >= 4 is 21.7 Å². The highest BCUT2D eigenvalue weighted by molar-refractivity contribution is 6.06. The third-order valence-corrected chi connectivity index (χ3v) is 4.45. The molecule has 0 saturated heterocycles. The molecular formula is C18H18ClNO3. The van der Waals surface area contributed by atoms with Crippen LogP contribution in [0.4, 0.5) is 0 Å². The normalized spacial score (nSPS) is 12.3. The number of methoxy groups -OCH3 is 3. The molecule has 0 aliphatic carbocycles. The van der Waals surface area contributed by atoms with E-state index in [4.69, 9.17) is 14.2 Å². The van der Waals surface area contributed by atoms with Crippen molar-refractivity contribution in [2.45, 2.75) is 13.0 Å². The molecule has 0 unspecified atom stereocenters. The number of nitrogens with zero attached hydrogens (tertiary/aromatic N) is 1. The Morgan fingerprint density at radius 3 is 2.30 bits per heavy atom. The maximum Gasteiger partial charge on any atom is 0.216 e. The van der Waals surface area contributed by atoms with Crippen LogP contribution >= 0.6 is 0 Å². The van der Waals surface area contributed by atoms with Gasteiger partial charge in [-0.2, -0.15) is 4.57 Å². The second-order valence-electron chi connectivity index (χ2n) is 5.55. The molecule has 0 spiro atoms. The SMILES string of the molecule is COc1cc2c3c(c1)c1cc(OC)c(OC)cc1c[n+]3CC2.[Cl-]. The Morgan fingerprint density at radius 1 is 0.870 bits per heavy atom. The van der Waals surface area contributed by atoms with E-state index in [0.29, 0.717) is 0 Å². The average molecular weight is 332 g/mol. The lowest BCUT2D eigenvalue weighted by Crippen LogP contribution is -3.00. The first-order valence-electron chi connectivity index (χ1n) is 7.34. The molecule has 2 heterocycles. The predicted octanol–water partition coefficient (Wildman–Crippen LogP) is -0.134. The van der Waals surface area contributed by atoms with E-state index in [-0.39, 0.29) is 12.4 Å². The van der Waals surface area contributed by atoms with E-state index in [2.05, 4.69) is 29.0 Å². The summed E-state index contributed by atoms with van der Waals surface area (Å²) >= 11 is 0. The summed E-state index contributed by atoms with van der Waals surface area (Å²) in [6.45, 7) is 1.00. The highest BCUT2D eigenvalue weighted by Crippen LogP contribution is 2.37. The van der Waals surface area contributed by atoms with E-state index in [9.17, 15) is 0 Å². The summed E-state index contributed by atoms with van der Waals surface area (Å²) in [5.41, 5.74) is 2.63. The number of fused-ring (bicyclic) bond motifs is 2. The second kappa shape index (κ2) is 5.78. The van der Waals surface area contributed by atoms with E-state index in [0.717, 1.165) is 41.0 Å². The first kappa shape index (κ1) is 15.7. The molecule has 0 atom stereocenters. The van der Waals surface area contributed by atoms with Crippen LogP contribution in [0, 0.1) is 0 Å². The third kappa shape index (κ3) is 2.25. The molecule has 1 aliphatic heterocycles. The van der Waals surface area contributed by atoms with Gasteiger partial charge in [-0.3, -0.25) is 0 Å². The number of hydrogen-bond donors (Lipinski definition) is 0. The minimum atomic E-state index is 0. The van der Waals surface area contributed by atoms with Crippen LogP contribution in [0.1, 0.15) is 5.56 Å². The molecule has 4 rings (SSSR count). The molecule has 120 valence electrons. The van der Waals surface area contributed by atoms with Gasteiger partial charge in [0.2, 0.25) is 5.52 Å². The van der Waals surface area contributed by atoms with Gasteiger partial charge >= 0.3 is 0 Å². The lowest BCUT2D eigenvalue weighted by molar-refractivity contribution is -0.662. The van der Waals surface area contributed by atoms with E-state index >= 15 is 0 Å². The highest BCUT2D eigenvalue weighted by Gasteiger charge is 2.25. The summed E-state index contributed by atoms with van der Waals surface area (Å²) < 4.78 is 18.7. The third-order valence-electron chi connectivity index (χ3n) is 4.45. The predicted molar refractivity (Wildman–Crippen MR) is 85.0 cm³/mol. The fourth-order valence-corrected chi connectivity index (χ4v) is 3.40. The molecular weight excluding hydrogens is 314 g/mol. The molecule has 0 radical (unpaired) electrons. The standard InChI is InChI=1S/C18H18NO3.ClH/c1-20-13-6-11-4-5-19-10-12-7-16(21-2)17(22-3)9-14(12)15(8-13)18(11)19;/h6-10H,4-5H2,1-3H3;1H/q+1;/p-1. The van der Waals surface area contributed by atoms with Crippen molar-refractivity contribution in [1.82, 2.24) is 0 Å². The van der Waals surface area contributed by atoms with Crippen molar-refractivity contribution in [2.75, 3.05) is 21.3 Å². The number of pyridine rings is 1. The fourth-order valence-electron chi connectivity index (χ4n) is 3.40. The number of aromatic nitrogens is 1. The lowest BCUT2D eigenvalue weighted by Gasteiger charge is -2.10. The molecule has 2 aromatic carbocycles. The molecule has 0 amide bonds. The Hall–Kier alpha value is -2.20. The number of halogens is 1. The Balaban J connectivity index is 0.00000156. The van der Waals surface area contributed by atoms with Crippen LogP contribution in [0.15, 0.2) is 30.5 Å². The highest BCUT2D eigenvalue weighted by atomic mass is 35.5. The zero-order valence-corrected chi connectivity index (χ0v) is 14.1. The van der Waals surface area contributed by atoms with Crippen molar-refractivity contribution in [2.24, 2.45) is 0 Å². The maximum atomic E-state index is 5.47. The van der Waals surface area contributed by atoms with Gasteiger partial charge in [0.05, 0.1) is 32.1 Å². The number of hydrogen-bond acceptors (Lipinski definition) is 3. The number of ether oxygens (including phenoxy) is 3. The van der Waals surface area contributed by atoms with Crippen LogP contribution < -0.4 is 31.2 Å². The van der Waals surface area contributed by atoms with Crippen LogP contribution in [0.5, 0.6) is 17.2 Å². The van der Waals surface area contributed by atoms with Crippen LogP contribution in [0.25, 0.3) is 21.7 Å². The van der Waals surface area contributed by atoms with Gasteiger partial charge in [-0.1, -0.05) is 0 Å². The van der Waals surface area contributed by atoms with Crippen LogP contribution in [-0.4, -0.2) is 21.3 Å². The molecule has 3 aromatic rings. The fraction of sp³-hybridized carbons (Fsp3) is 0.278. The smallest absolute Gasteiger partial charge is 0.216 e. The largest absolute Gasteiger partial charge is 1.00 e. The topological polar surface area (TPSA) is 31.6 Å². The molecule has 1 aromatic heterocycles. The zero-order valence-electron chi connectivity index (χ0n) is 13.4. The number of aryl methyl sites for hydroxylation is 2. The quantitative estimate of drug-likeness (QED) is 0.495. The maximum absolute atomic E-state index is 5.47. The summed E-state index contributed by atoms with van der Waals surface area (Å²) in [6, 6.07) is 8.33. The Bertz CT molecular complexity index is 908. The van der Waals surface area contributed by atoms with Crippen molar-refractivity contribution < 1.29 is 31.2 Å². The second-order valence-corrected chi connectivity index (χ2v) is 5.55. The van der Waals surface area contributed by atoms with Gasteiger partial charge in [-0.15, -0.1) is 0 Å². The molecule has 4 nitrogen and oxygen atoms in total. The summed E-state index contributed by atoms with van der Waals surface area (Å²) in [5, 5.41) is 3.50. The van der Waals surface area contributed by atoms with Gasteiger partial charge < -0.3 is 26.6 Å². The minimum Gasteiger partial charge on any atom is -1.00 e. The van der Waals surface area contributed by atoms with Crippen molar-refractivity contribution in [3.63, 3.8) is 0 Å². The molecule has 1 aliphatic rings. The Labute approximate surface area is 141 Å². The molecule has 5 heteroatoms. The van der Waals surface area contributed by atoms with Crippen molar-refractivity contribution in [3.8, 4) is 17.2 Å². The van der Waals surface area contributed by atoms with E-state index in [1.165, 1.54) is 16.5 Å². The number of benzene rings is 2. The Morgan fingerprint density at radius 2 is 1.61 bits per heavy atom. The first-order valence-corrected chi connectivity index (χ1v) is 7.34.